The lowest BCUT2D eigenvalue weighted by Gasteiger charge is -2.33. The molecule has 0 bridgehead atoms. The number of benzene rings is 1. The first-order valence-electron chi connectivity index (χ1n) is 7.71. The number of methoxy groups -OCH3 is 1. The molecule has 1 aromatic rings. The number of nitrogens with zero attached hydrogens (tertiary/aromatic N) is 1. The zero-order valence-electron chi connectivity index (χ0n) is 13.2. The van der Waals surface area contributed by atoms with Crippen molar-refractivity contribution in [2.24, 2.45) is 11.3 Å². The van der Waals surface area contributed by atoms with Gasteiger partial charge in [0, 0.05) is 13.1 Å². The van der Waals surface area contributed by atoms with E-state index in [9.17, 15) is 14.0 Å². The van der Waals surface area contributed by atoms with Crippen molar-refractivity contribution in [2.75, 3.05) is 20.2 Å². The quantitative estimate of drug-likeness (QED) is 0.777. The Balaban J connectivity index is 1.71. The maximum atomic E-state index is 14.0. The van der Waals surface area contributed by atoms with Crippen LogP contribution in [-0.4, -0.2) is 37.0 Å². The van der Waals surface area contributed by atoms with Gasteiger partial charge in [0.1, 0.15) is 5.82 Å². The van der Waals surface area contributed by atoms with Crippen LogP contribution in [0.15, 0.2) is 12.1 Å². The highest BCUT2D eigenvalue weighted by molar-refractivity contribution is 6.34. The zero-order valence-corrected chi connectivity index (χ0v) is 14.0. The van der Waals surface area contributed by atoms with E-state index in [1.807, 2.05) is 0 Å². The second kappa shape index (κ2) is 5.78. The topological polar surface area (TPSA) is 46.6 Å². The van der Waals surface area contributed by atoms with Crippen LogP contribution >= 0.6 is 11.6 Å². The molecule has 1 saturated heterocycles. The first-order valence-corrected chi connectivity index (χ1v) is 8.09. The van der Waals surface area contributed by atoms with Crippen molar-refractivity contribution >= 4 is 23.5 Å². The van der Waals surface area contributed by atoms with Gasteiger partial charge in [-0.2, -0.15) is 0 Å². The molecule has 1 spiro atoms. The average Bonchev–Trinajstić information content (AvgIpc) is 3.24. The number of likely N-dealkylation sites (tertiary alicyclic amines) is 1. The summed E-state index contributed by atoms with van der Waals surface area (Å²) in [4.78, 5) is 25.9. The standard InChI is InChI=1S/C17H19ClFNO3/c1-10-3-4-12(19)13(14(10)18)15(21)20-7-5-17(6-8-20)9-11(17)16(22)23-2/h3-4,11H,5-9H2,1-2H3. The molecule has 0 radical (unpaired) electrons. The number of halogens is 2. The Morgan fingerprint density at radius 2 is 2.00 bits per heavy atom. The van der Waals surface area contributed by atoms with Crippen molar-refractivity contribution in [3.63, 3.8) is 0 Å². The summed E-state index contributed by atoms with van der Waals surface area (Å²) < 4.78 is 18.8. The van der Waals surface area contributed by atoms with Crippen molar-refractivity contribution in [1.82, 2.24) is 4.90 Å². The molecule has 1 aliphatic heterocycles. The first kappa shape index (κ1) is 16.2. The molecule has 23 heavy (non-hydrogen) atoms. The Bertz CT molecular complexity index is 668. The third kappa shape index (κ3) is 2.71. The largest absolute Gasteiger partial charge is 0.469 e. The van der Waals surface area contributed by atoms with E-state index in [4.69, 9.17) is 16.3 Å². The fraction of sp³-hybridized carbons (Fsp3) is 0.529. The monoisotopic (exact) mass is 339 g/mol. The normalized spacial score (nSPS) is 22.1. The number of hydrogen-bond acceptors (Lipinski definition) is 3. The van der Waals surface area contributed by atoms with Crippen LogP contribution in [0.2, 0.25) is 5.02 Å². The van der Waals surface area contributed by atoms with Gasteiger partial charge in [0.2, 0.25) is 0 Å². The molecule has 1 atom stereocenters. The second-order valence-corrected chi connectivity index (χ2v) is 6.87. The van der Waals surface area contributed by atoms with Gasteiger partial charge in [0.05, 0.1) is 23.6 Å². The lowest BCUT2D eigenvalue weighted by molar-refractivity contribution is -0.143. The van der Waals surface area contributed by atoms with E-state index < -0.39 is 5.82 Å². The molecular formula is C17H19ClFNO3. The van der Waals surface area contributed by atoms with E-state index in [-0.39, 0.29) is 33.8 Å². The number of esters is 1. The number of piperidine rings is 1. The lowest BCUT2D eigenvalue weighted by Crippen LogP contribution is -2.40. The van der Waals surface area contributed by atoms with Crippen LogP contribution < -0.4 is 0 Å². The van der Waals surface area contributed by atoms with Crippen molar-refractivity contribution in [1.29, 1.82) is 0 Å². The zero-order chi connectivity index (χ0) is 16.8. The Morgan fingerprint density at radius 3 is 2.61 bits per heavy atom. The van der Waals surface area contributed by atoms with E-state index in [1.165, 1.54) is 13.2 Å². The molecule has 1 aromatic carbocycles. The fourth-order valence-electron chi connectivity index (χ4n) is 3.54. The van der Waals surface area contributed by atoms with E-state index in [2.05, 4.69) is 0 Å². The molecule has 1 aliphatic carbocycles. The summed E-state index contributed by atoms with van der Waals surface area (Å²) >= 11 is 6.12. The summed E-state index contributed by atoms with van der Waals surface area (Å²) in [7, 11) is 1.40. The average molecular weight is 340 g/mol. The van der Waals surface area contributed by atoms with Gasteiger partial charge < -0.3 is 9.64 Å². The summed E-state index contributed by atoms with van der Waals surface area (Å²) in [5.74, 6) is -1.19. The van der Waals surface area contributed by atoms with Crippen LogP contribution in [0.3, 0.4) is 0 Å². The maximum Gasteiger partial charge on any atom is 0.309 e. The van der Waals surface area contributed by atoms with Gasteiger partial charge in [-0.05, 0) is 43.2 Å². The predicted molar refractivity (Wildman–Crippen MR) is 83.8 cm³/mol. The number of ether oxygens (including phenoxy) is 1. The molecule has 1 amide bonds. The number of carbonyl (C=O) groups excluding carboxylic acids is 2. The van der Waals surface area contributed by atoms with E-state index in [1.54, 1.807) is 17.9 Å². The summed E-state index contributed by atoms with van der Waals surface area (Å²) in [6.45, 7) is 2.76. The molecule has 4 nitrogen and oxygen atoms in total. The number of rotatable bonds is 2. The molecule has 2 aliphatic rings. The molecular weight excluding hydrogens is 321 g/mol. The predicted octanol–water partition coefficient (Wildman–Crippen LogP) is 3.20. The smallest absolute Gasteiger partial charge is 0.309 e. The Labute approximate surface area is 139 Å². The highest BCUT2D eigenvalue weighted by atomic mass is 35.5. The van der Waals surface area contributed by atoms with E-state index in [0.717, 1.165) is 19.3 Å². The first-order chi connectivity index (χ1) is 10.9. The fourth-order valence-corrected chi connectivity index (χ4v) is 3.78. The molecule has 3 rings (SSSR count). The third-order valence-electron chi connectivity index (χ3n) is 5.22. The minimum atomic E-state index is -0.593. The molecule has 1 saturated carbocycles. The Morgan fingerprint density at radius 1 is 1.35 bits per heavy atom. The van der Waals surface area contributed by atoms with Gasteiger partial charge in [0.25, 0.3) is 5.91 Å². The van der Waals surface area contributed by atoms with Gasteiger partial charge in [-0.25, -0.2) is 4.39 Å². The number of hydrogen-bond donors (Lipinski definition) is 0. The molecule has 124 valence electrons. The highest BCUT2D eigenvalue weighted by Gasteiger charge is 2.59. The van der Waals surface area contributed by atoms with Crippen LogP contribution in [0.25, 0.3) is 0 Å². The second-order valence-electron chi connectivity index (χ2n) is 6.49. The third-order valence-corrected chi connectivity index (χ3v) is 5.71. The molecule has 6 heteroatoms. The van der Waals surface area contributed by atoms with Crippen molar-refractivity contribution in [3.05, 3.63) is 34.1 Å². The summed E-state index contributed by atoms with van der Waals surface area (Å²) in [6.07, 6.45) is 2.30. The highest BCUT2D eigenvalue weighted by Crippen LogP contribution is 2.59. The van der Waals surface area contributed by atoms with Crippen LogP contribution in [0.4, 0.5) is 4.39 Å². The van der Waals surface area contributed by atoms with Crippen LogP contribution in [0.5, 0.6) is 0 Å². The summed E-state index contributed by atoms with van der Waals surface area (Å²) in [6, 6.07) is 2.83. The van der Waals surface area contributed by atoms with Crippen molar-refractivity contribution < 1.29 is 18.7 Å². The summed E-state index contributed by atoms with van der Waals surface area (Å²) in [5.41, 5.74) is 0.597. The molecule has 1 unspecified atom stereocenters. The Kier molecular flexibility index (Phi) is 4.08. The number of carbonyl (C=O) groups is 2. The van der Waals surface area contributed by atoms with Crippen LogP contribution in [0.1, 0.15) is 35.2 Å². The van der Waals surface area contributed by atoms with E-state index >= 15 is 0 Å². The summed E-state index contributed by atoms with van der Waals surface area (Å²) in [5, 5.41) is 0.175. The molecule has 2 fully saturated rings. The molecule has 1 heterocycles. The van der Waals surface area contributed by atoms with E-state index in [0.29, 0.717) is 18.7 Å². The maximum absolute atomic E-state index is 14.0. The van der Waals surface area contributed by atoms with Gasteiger partial charge >= 0.3 is 5.97 Å². The van der Waals surface area contributed by atoms with Crippen LogP contribution in [0, 0.1) is 24.1 Å². The van der Waals surface area contributed by atoms with Gasteiger partial charge in [0.15, 0.2) is 0 Å². The SMILES string of the molecule is COC(=O)C1CC12CCN(C(=O)c1c(F)ccc(C)c1Cl)CC2. The minimum Gasteiger partial charge on any atom is -0.469 e. The van der Waals surface area contributed by atoms with Crippen molar-refractivity contribution in [2.45, 2.75) is 26.2 Å². The van der Waals surface area contributed by atoms with Gasteiger partial charge in [-0.15, -0.1) is 0 Å². The van der Waals surface area contributed by atoms with Crippen LogP contribution in [-0.2, 0) is 9.53 Å². The number of aryl methyl sites for hydroxylation is 1. The molecule has 0 N–H and O–H groups in total. The Hall–Kier alpha value is -1.62. The van der Waals surface area contributed by atoms with Gasteiger partial charge in [-0.1, -0.05) is 17.7 Å². The minimum absolute atomic E-state index is 0.0290. The van der Waals surface area contributed by atoms with Crippen molar-refractivity contribution in [3.8, 4) is 0 Å². The lowest BCUT2D eigenvalue weighted by atomic mass is 9.90. The number of amides is 1. The van der Waals surface area contributed by atoms with Gasteiger partial charge in [-0.3, -0.25) is 9.59 Å². The molecule has 0 aromatic heterocycles.